The summed E-state index contributed by atoms with van der Waals surface area (Å²) in [6.07, 6.45) is 8.68. The van der Waals surface area contributed by atoms with Gasteiger partial charge in [-0.1, -0.05) is 11.6 Å². The van der Waals surface area contributed by atoms with Gasteiger partial charge in [0.2, 0.25) is 0 Å². The number of aryl methyl sites for hydroxylation is 2. The smallest absolute Gasteiger partial charge is 0.137 e. The fourth-order valence-electron chi connectivity index (χ4n) is 3.01. The van der Waals surface area contributed by atoms with E-state index in [-0.39, 0.29) is 0 Å². The number of aromatic amines is 1. The van der Waals surface area contributed by atoms with Gasteiger partial charge >= 0.3 is 0 Å². The summed E-state index contributed by atoms with van der Waals surface area (Å²) < 4.78 is 26.5. The molecule has 0 amide bonds. The number of halogens is 3. The van der Waals surface area contributed by atoms with Crippen LogP contribution in [-0.4, -0.2) is 19.9 Å². The maximum absolute atomic E-state index is 13.2. The summed E-state index contributed by atoms with van der Waals surface area (Å²) in [5, 5.41) is 1.56. The van der Waals surface area contributed by atoms with Crippen LogP contribution in [0.2, 0.25) is 5.02 Å². The third-order valence-corrected chi connectivity index (χ3v) is 4.50. The zero-order chi connectivity index (χ0) is 18.8. The monoisotopic (exact) mass is 384 g/mol. The van der Waals surface area contributed by atoms with Crippen LogP contribution in [0, 0.1) is 11.6 Å². The van der Waals surface area contributed by atoms with Crippen molar-refractivity contribution in [2.45, 2.75) is 19.3 Å². The molecule has 0 unspecified atom stereocenters. The molecule has 0 bridgehead atoms. The highest BCUT2D eigenvalue weighted by molar-refractivity contribution is 6.31. The predicted octanol–water partition coefficient (Wildman–Crippen LogP) is 4.66. The van der Waals surface area contributed by atoms with Crippen LogP contribution in [0.15, 0.2) is 49.1 Å². The van der Waals surface area contributed by atoms with E-state index in [2.05, 4.69) is 19.9 Å². The molecule has 0 saturated carbocycles. The number of fused-ring (bicyclic) bond motifs is 1. The Kier molecular flexibility index (Phi) is 4.81. The zero-order valence-electron chi connectivity index (χ0n) is 14.2. The molecule has 1 aromatic carbocycles. The van der Waals surface area contributed by atoms with E-state index in [1.807, 2.05) is 12.3 Å². The molecule has 136 valence electrons. The van der Waals surface area contributed by atoms with Crippen molar-refractivity contribution in [1.82, 2.24) is 19.9 Å². The summed E-state index contributed by atoms with van der Waals surface area (Å²) in [4.78, 5) is 16.1. The normalized spacial score (nSPS) is 11.2. The van der Waals surface area contributed by atoms with Crippen molar-refractivity contribution in [3.05, 3.63) is 88.2 Å². The molecule has 3 aromatic heterocycles. The van der Waals surface area contributed by atoms with Gasteiger partial charge in [-0.15, -0.1) is 0 Å². The van der Waals surface area contributed by atoms with Crippen molar-refractivity contribution in [2.75, 3.05) is 0 Å². The van der Waals surface area contributed by atoms with Gasteiger partial charge in [0, 0.05) is 49.1 Å². The van der Waals surface area contributed by atoms with Crippen molar-refractivity contribution in [3.8, 4) is 0 Å². The molecule has 0 aliphatic rings. The van der Waals surface area contributed by atoms with E-state index in [4.69, 9.17) is 11.6 Å². The average Bonchev–Trinajstić information content (AvgIpc) is 3.02. The van der Waals surface area contributed by atoms with Gasteiger partial charge in [-0.2, -0.15) is 0 Å². The van der Waals surface area contributed by atoms with Crippen LogP contribution in [0.25, 0.3) is 11.0 Å². The topological polar surface area (TPSA) is 54.5 Å². The lowest BCUT2D eigenvalue weighted by Crippen LogP contribution is -2.00. The Morgan fingerprint density at radius 3 is 2.33 bits per heavy atom. The predicted molar refractivity (Wildman–Crippen MR) is 99.7 cm³/mol. The third kappa shape index (κ3) is 4.11. The highest BCUT2D eigenvalue weighted by Crippen LogP contribution is 2.22. The van der Waals surface area contributed by atoms with Crippen molar-refractivity contribution in [3.63, 3.8) is 0 Å². The van der Waals surface area contributed by atoms with Crippen LogP contribution >= 0.6 is 11.6 Å². The average molecular weight is 385 g/mol. The second-order valence-corrected chi connectivity index (χ2v) is 6.76. The van der Waals surface area contributed by atoms with E-state index < -0.39 is 11.6 Å². The molecular weight excluding hydrogens is 370 g/mol. The van der Waals surface area contributed by atoms with Gasteiger partial charge in [0.05, 0.1) is 5.02 Å². The summed E-state index contributed by atoms with van der Waals surface area (Å²) >= 11 is 6.03. The summed E-state index contributed by atoms with van der Waals surface area (Å²) in [7, 11) is 0. The molecule has 4 aromatic rings. The fraction of sp³-hybridized carbons (Fsp3) is 0.150. The van der Waals surface area contributed by atoms with Crippen LogP contribution in [0.1, 0.15) is 22.5 Å². The Morgan fingerprint density at radius 1 is 0.852 bits per heavy atom. The van der Waals surface area contributed by atoms with E-state index in [9.17, 15) is 8.78 Å². The second kappa shape index (κ2) is 7.40. The quantitative estimate of drug-likeness (QED) is 0.544. The number of nitrogens with zero attached hydrogens (tertiary/aromatic N) is 3. The molecule has 7 heteroatoms. The molecule has 0 spiro atoms. The summed E-state index contributed by atoms with van der Waals surface area (Å²) in [5.41, 5.74) is 3.39. The Hall–Kier alpha value is -2.86. The third-order valence-electron chi connectivity index (χ3n) is 4.30. The maximum Gasteiger partial charge on any atom is 0.137 e. The highest BCUT2D eigenvalue weighted by atomic mass is 35.5. The number of H-pyrrole nitrogens is 1. The molecule has 4 nitrogen and oxygen atoms in total. The lowest BCUT2D eigenvalue weighted by molar-refractivity contribution is 0.579. The van der Waals surface area contributed by atoms with Gasteiger partial charge < -0.3 is 4.98 Å². The lowest BCUT2D eigenvalue weighted by atomic mass is 10.1. The van der Waals surface area contributed by atoms with E-state index in [0.29, 0.717) is 35.7 Å². The van der Waals surface area contributed by atoms with Crippen LogP contribution in [0.3, 0.4) is 0 Å². The molecule has 0 fully saturated rings. The Morgan fingerprint density at radius 2 is 1.59 bits per heavy atom. The van der Waals surface area contributed by atoms with Gasteiger partial charge in [-0.05, 0) is 41.3 Å². The molecule has 0 aliphatic carbocycles. The SMILES string of the molecule is Fc1cc(F)cc(CCc2ncc(Cc3c[nH]c4ncc(Cl)cc34)cn2)c1. The van der Waals surface area contributed by atoms with E-state index >= 15 is 0 Å². The minimum Gasteiger partial charge on any atom is -0.346 e. The second-order valence-electron chi connectivity index (χ2n) is 6.33. The number of benzene rings is 1. The minimum absolute atomic E-state index is 0.473. The molecule has 0 saturated heterocycles. The summed E-state index contributed by atoms with van der Waals surface area (Å²) in [5.74, 6) is -0.517. The highest BCUT2D eigenvalue weighted by Gasteiger charge is 2.08. The lowest BCUT2D eigenvalue weighted by Gasteiger charge is -2.04. The number of hydrogen-bond donors (Lipinski definition) is 1. The molecule has 1 N–H and O–H groups in total. The van der Waals surface area contributed by atoms with Crippen molar-refractivity contribution in [1.29, 1.82) is 0 Å². The Balaban J connectivity index is 1.44. The first-order valence-corrected chi connectivity index (χ1v) is 8.81. The van der Waals surface area contributed by atoms with Crippen molar-refractivity contribution in [2.24, 2.45) is 0 Å². The van der Waals surface area contributed by atoms with Crippen molar-refractivity contribution >= 4 is 22.6 Å². The fourth-order valence-corrected chi connectivity index (χ4v) is 3.17. The molecular formula is C20H15ClF2N4. The Labute approximate surface area is 159 Å². The van der Waals surface area contributed by atoms with E-state index in [0.717, 1.165) is 28.2 Å². The summed E-state index contributed by atoms with van der Waals surface area (Å²) in [6.45, 7) is 0. The van der Waals surface area contributed by atoms with Gasteiger partial charge in [0.25, 0.3) is 0 Å². The standard InChI is InChI=1S/C20H15ClF2N4/c21-15-6-18-14(10-26-20(18)27-11-15)3-13-8-24-19(25-9-13)2-1-12-4-16(22)7-17(23)5-12/h4-11H,1-3H2,(H,26,27). The van der Waals surface area contributed by atoms with E-state index in [1.54, 1.807) is 18.6 Å². The number of aromatic nitrogens is 4. The number of hydrogen-bond acceptors (Lipinski definition) is 3. The minimum atomic E-state index is -0.574. The largest absolute Gasteiger partial charge is 0.346 e. The molecule has 27 heavy (non-hydrogen) atoms. The summed E-state index contributed by atoms with van der Waals surface area (Å²) in [6, 6.07) is 5.40. The van der Waals surface area contributed by atoms with Gasteiger partial charge in [-0.25, -0.2) is 23.7 Å². The van der Waals surface area contributed by atoms with Crippen LogP contribution < -0.4 is 0 Å². The molecule has 0 atom stereocenters. The molecule has 4 rings (SSSR count). The first kappa shape index (κ1) is 17.5. The van der Waals surface area contributed by atoms with E-state index in [1.165, 1.54) is 12.1 Å². The Bertz CT molecular complexity index is 1070. The van der Waals surface area contributed by atoms with Crippen LogP contribution in [0.4, 0.5) is 8.78 Å². The maximum atomic E-state index is 13.2. The molecule has 3 heterocycles. The number of nitrogens with one attached hydrogen (secondary N) is 1. The molecule has 0 aliphatic heterocycles. The van der Waals surface area contributed by atoms with Crippen molar-refractivity contribution < 1.29 is 8.78 Å². The van der Waals surface area contributed by atoms with Gasteiger partial charge in [0.15, 0.2) is 0 Å². The zero-order valence-corrected chi connectivity index (χ0v) is 15.0. The van der Waals surface area contributed by atoms with Gasteiger partial charge in [0.1, 0.15) is 23.1 Å². The number of rotatable bonds is 5. The van der Waals surface area contributed by atoms with Crippen LogP contribution in [0.5, 0.6) is 0 Å². The first-order valence-electron chi connectivity index (χ1n) is 8.43. The van der Waals surface area contributed by atoms with Gasteiger partial charge in [-0.3, -0.25) is 0 Å². The molecule has 0 radical (unpaired) electrons. The van der Waals surface area contributed by atoms with Crippen LogP contribution in [-0.2, 0) is 19.3 Å². The first-order chi connectivity index (χ1) is 13.1. The number of pyridine rings is 1.